The van der Waals surface area contributed by atoms with Crippen LogP contribution in [0.5, 0.6) is 0 Å². The molecule has 1 amide bonds. The lowest BCUT2D eigenvalue weighted by atomic mass is 9.81. The fourth-order valence-corrected chi connectivity index (χ4v) is 0.978. The Labute approximate surface area is 92.9 Å². The maximum Gasteiger partial charge on any atom is 0.237 e. The molecule has 3 nitrogen and oxygen atoms in total. The van der Waals surface area contributed by atoms with Crippen molar-refractivity contribution < 1.29 is 4.79 Å². The first-order chi connectivity index (χ1) is 6.85. The summed E-state index contributed by atoms with van der Waals surface area (Å²) in [5, 5.41) is 11.6. The van der Waals surface area contributed by atoms with E-state index in [0.717, 1.165) is 0 Å². The van der Waals surface area contributed by atoms with Gasteiger partial charge in [-0.2, -0.15) is 5.26 Å². The number of amides is 1. The number of hydrogen-bond donors (Lipinski definition) is 1. The van der Waals surface area contributed by atoms with Crippen molar-refractivity contribution in [1.82, 2.24) is 5.32 Å². The summed E-state index contributed by atoms with van der Waals surface area (Å²) in [7, 11) is 0. The van der Waals surface area contributed by atoms with E-state index in [1.54, 1.807) is 0 Å². The van der Waals surface area contributed by atoms with Gasteiger partial charge in [-0.3, -0.25) is 4.79 Å². The highest BCUT2D eigenvalue weighted by molar-refractivity contribution is 5.80. The summed E-state index contributed by atoms with van der Waals surface area (Å²) < 4.78 is 0. The van der Waals surface area contributed by atoms with Crippen LogP contribution in [0.2, 0.25) is 0 Å². The van der Waals surface area contributed by atoms with Crippen LogP contribution in [0.15, 0.2) is 0 Å². The van der Waals surface area contributed by atoms with Crippen molar-refractivity contribution in [3.8, 4) is 6.07 Å². The lowest BCUT2D eigenvalue weighted by Gasteiger charge is -2.29. The quantitative estimate of drug-likeness (QED) is 0.757. The van der Waals surface area contributed by atoms with Crippen molar-refractivity contribution in [3.05, 3.63) is 0 Å². The van der Waals surface area contributed by atoms with Crippen LogP contribution in [-0.2, 0) is 4.79 Å². The molecular weight excluding hydrogens is 188 g/mol. The minimum absolute atomic E-state index is 0.0728. The maximum atomic E-state index is 11.5. The van der Waals surface area contributed by atoms with Crippen LogP contribution in [0.25, 0.3) is 0 Å². The van der Waals surface area contributed by atoms with Crippen molar-refractivity contribution >= 4 is 5.91 Å². The number of hydrogen-bond acceptors (Lipinski definition) is 2. The van der Waals surface area contributed by atoms with E-state index in [4.69, 9.17) is 5.26 Å². The highest BCUT2D eigenvalue weighted by Crippen LogP contribution is 2.24. The molecule has 0 aromatic carbocycles. The second-order valence-corrected chi connectivity index (χ2v) is 4.95. The van der Waals surface area contributed by atoms with Crippen LogP contribution in [0.4, 0.5) is 0 Å². The largest absolute Gasteiger partial charge is 0.354 e. The molecule has 0 bridgehead atoms. The van der Waals surface area contributed by atoms with Crippen LogP contribution in [0.3, 0.4) is 0 Å². The van der Waals surface area contributed by atoms with Crippen molar-refractivity contribution in [2.24, 2.45) is 17.3 Å². The molecule has 1 atom stereocenters. The minimum atomic E-state index is -0.507. The molecule has 0 saturated heterocycles. The van der Waals surface area contributed by atoms with Crippen molar-refractivity contribution in [3.63, 3.8) is 0 Å². The highest BCUT2D eigenvalue weighted by atomic mass is 16.1. The van der Waals surface area contributed by atoms with Gasteiger partial charge in [0.15, 0.2) is 0 Å². The molecule has 0 aliphatic heterocycles. The third-order valence-corrected chi connectivity index (χ3v) is 3.16. The van der Waals surface area contributed by atoms with E-state index in [1.165, 1.54) is 0 Å². The van der Waals surface area contributed by atoms with Gasteiger partial charge in [-0.1, -0.05) is 34.6 Å². The van der Waals surface area contributed by atoms with Crippen LogP contribution in [0.1, 0.15) is 41.0 Å². The van der Waals surface area contributed by atoms with Gasteiger partial charge in [0.05, 0.1) is 6.07 Å². The molecule has 3 heteroatoms. The first kappa shape index (κ1) is 14.0. The van der Waals surface area contributed by atoms with Crippen LogP contribution < -0.4 is 5.32 Å². The van der Waals surface area contributed by atoms with Crippen molar-refractivity contribution in [2.45, 2.75) is 41.0 Å². The zero-order chi connectivity index (χ0) is 12.1. The Kier molecular flexibility index (Phi) is 5.35. The molecule has 0 saturated carbocycles. The number of carbonyl (C=O) groups excluding carboxylic acids is 1. The van der Waals surface area contributed by atoms with E-state index in [2.05, 4.69) is 33.0 Å². The molecule has 0 heterocycles. The van der Waals surface area contributed by atoms with Gasteiger partial charge in [-0.25, -0.2) is 0 Å². The van der Waals surface area contributed by atoms with E-state index in [-0.39, 0.29) is 11.3 Å². The molecule has 0 aliphatic rings. The molecule has 0 aromatic heterocycles. The van der Waals surface area contributed by atoms with E-state index in [0.29, 0.717) is 18.9 Å². The number of nitrogens with one attached hydrogen (secondary N) is 1. The molecule has 15 heavy (non-hydrogen) atoms. The summed E-state index contributed by atoms with van der Waals surface area (Å²) in [5.41, 5.74) is 0.0728. The lowest BCUT2D eigenvalue weighted by Crippen LogP contribution is -2.39. The Hall–Kier alpha value is -1.04. The lowest BCUT2D eigenvalue weighted by molar-refractivity contribution is -0.124. The van der Waals surface area contributed by atoms with Gasteiger partial charge in [-0.15, -0.1) is 0 Å². The van der Waals surface area contributed by atoms with E-state index in [1.807, 2.05) is 13.0 Å². The summed E-state index contributed by atoms with van der Waals surface area (Å²) in [6, 6.07) is 2.00. The number of nitriles is 1. The summed E-state index contributed by atoms with van der Waals surface area (Å²) >= 11 is 0. The molecule has 86 valence electrons. The summed E-state index contributed by atoms with van der Waals surface area (Å²) in [6.45, 7) is 11.0. The van der Waals surface area contributed by atoms with Crippen LogP contribution in [0, 0.1) is 28.6 Å². The third kappa shape index (κ3) is 4.33. The predicted molar refractivity (Wildman–Crippen MR) is 61.0 cm³/mol. The van der Waals surface area contributed by atoms with Gasteiger partial charge in [0.25, 0.3) is 0 Å². The van der Waals surface area contributed by atoms with Gasteiger partial charge >= 0.3 is 0 Å². The topological polar surface area (TPSA) is 52.9 Å². The molecular formula is C12H22N2O. The minimum Gasteiger partial charge on any atom is -0.354 e. The van der Waals surface area contributed by atoms with Crippen LogP contribution >= 0.6 is 0 Å². The van der Waals surface area contributed by atoms with Gasteiger partial charge < -0.3 is 5.32 Å². The SMILES string of the molecule is CCC(C#N)C(=O)NCC(C)(C)C(C)C. The molecule has 0 rings (SSSR count). The Morgan fingerprint density at radius 2 is 2.00 bits per heavy atom. The Morgan fingerprint density at radius 1 is 1.47 bits per heavy atom. The molecule has 0 aliphatic carbocycles. The average molecular weight is 210 g/mol. The summed E-state index contributed by atoms with van der Waals surface area (Å²) in [5.74, 6) is -0.151. The molecule has 0 spiro atoms. The first-order valence-corrected chi connectivity index (χ1v) is 5.52. The normalized spacial score (nSPS) is 13.4. The first-order valence-electron chi connectivity index (χ1n) is 5.52. The second-order valence-electron chi connectivity index (χ2n) is 4.95. The number of nitrogens with zero attached hydrogens (tertiary/aromatic N) is 1. The standard InChI is InChI=1S/C12H22N2O/c1-6-10(7-13)11(15)14-8-12(4,5)9(2)3/h9-10H,6,8H2,1-5H3,(H,14,15). The van der Waals surface area contributed by atoms with Gasteiger partial charge in [0.1, 0.15) is 5.92 Å². The zero-order valence-corrected chi connectivity index (χ0v) is 10.4. The number of rotatable bonds is 5. The van der Waals surface area contributed by atoms with Gasteiger partial charge in [-0.05, 0) is 17.8 Å². The summed E-state index contributed by atoms with van der Waals surface area (Å²) in [4.78, 5) is 11.5. The molecule has 0 fully saturated rings. The fourth-order valence-electron chi connectivity index (χ4n) is 0.978. The summed E-state index contributed by atoms with van der Waals surface area (Å²) in [6.07, 6.45) is 0.574. The Morgan fingerprint density at radius 3 is 2.33 bits per heavy atom. The molecule has 1 N–H and O–H groups in total. The Balaban J connectivity index is 4.18. The van der Waals surface area contributed by atoms with Gasteiger partial charge in [0, 0.05) is 6.54 Å². The van der Waals surface area contributed by atoms with Gasteiger partial charge in [0.2, 0.25) is 5.91 Å². The molecule has 0 aromatic rings. The average Bonchev–Trinajstić information content (AvgIpc) is 2.16. The highest BCUT2D eigenvalue weighted by Gasteiger charge is 2.24. The van der Waals surface area contributed by atoms with Crippen molar-refractivity contribution in [1.29, 1.82) is 5.26 Å². The van der Waals surface area contributed by atoms with E-state index in [9.17, 15) is 4.79 Å². The van der Waals surface area contributed by atoms with E-state index < -0.39 is 5.92 Å². The predicted octanol–water partition coefficient (Wildman–Crippen LogP) is 2.33. The fraction of sp³-hybridized carbons (Fsp3) is 0.833. The Bertz CT molecular complexity index is 251. The third-order valence-electron chi connectivity index (χ3n) is 3.16. The monoisotopic (exact) mass is 210 g/mol. The zero-order valence-electron chi connectivity index (χ0n) is 10.4. The smallest absolute Gasteiger partial charge is 0.237 e. The number of carbonyl (C=O) groups is 1. The maximum absolute atomic E-state index is 11.5. The second kappa shape index (κ2) is 5.75. The van der Waals surface area contributed by atoms with Crippen molar-refractivity contribution in [2.75, 3.05) is 6.54 Å². The molecule has 0 radical (unpaired) electrons. The molecule has 1 unspecified atom stereocenters. The van der Waals surface area contributed by atoms with E-state index >= 15 is 0 Å². The van der Waals surface area contributed by atoms with Crippen LogP contribution in [-0.4, -0.2) is 12.5 Å².